The summed E-state index contributed by atoms with van der Waals surface area (Å²) in [4.78, 5) is 1.17. The lowest BCUT2D eigenvalue weighted by atomic mass is 9.94. The fourth-order valence-corrected chi connectivity index (χ4v) is 5.14. The minimum absolute atomic E-state index is 0. The Morgan fingerprint density at radius 3 is 2.27 bits per heavy atom. The average Bonchev–Trinajstić information content (AvgIpc) is 2.89. The minimum atomic E-state index is -0.462. The first-order valence-electron chi connectivity index (χ1n) is 12.9. The van der Waals surface area contributed by atoms with E-state index in [0.29, 0.717) is 13.1 Å². The van der Waals surface area contributed by atoms with Crippen molar-refractivity contribution in [3.63, 3.8) is 0 Å². The molecule has 0 radical (unpaired) electrons. The van der Waals surface area contributed by atoms with Gasteiger partial charge in [0.15, 0.2) is 0 Å². The monoisotopic (exact) mass is 526 g/mol. The number of hydrogen-bond donors (Lipinski definition) is 3. The number of ether oxygens (including phenoxy) is 1. The quantitative estimate of drug-likeness (QED) is 0.235. The van der Waals surface area contributed by atoms with E-state index in [4.69, 9.17) is 9.84 Å². The molecule has 3 N–H and O–H groups in total. The third kappa shape index (κ3) is 10.9. The molecule has 0 aliphatic rings. The van der Waals surface area contributed by atoms with Crippen LogP contribution in [0.2, 0.25) is 0 Å². The summed E-state index contributed by atoms with van der Waals surface area (Å²) in [6, 6.07) is 25.6. The number of nitrogens with one attached hydrogen (secondary N) is 1. The van der Waals surface area contributed by atoms with E-state index in [1.165, 1.54) is 27.1 Å². The highest BCUT2D eigenvalue weighted by atomic mass is 32.2. The van der Waals surface area contributed by atoms with Crippen LogP contribution in [-0.2, 0) is 12.8 Å². The number of likely N-dealkylation sites (N-methyl/N-ethyl adjacent to an activating group) is 1. The second kappa shape index (κ2) is 15.8. The van der Waals surface area contributed by atoms with E-state index in [9.17, 15) is 5.11 Å². The minimum Gasteiger partial charge on any atom is -0.497 e. The maximum Gasteiger partial charge on any atom is 0.118 e. The fourth-order valence-electron chi connectivity index (χ4n) is 4.22. The number of aliphatic hydroxyl groups excluding tert-OH is 2. The number of hydrogen-bond acceptors (Lipinski definition) is 6. The Morgan fingerprint density at radius 2 is 1.62 bits per heavy atom. The largest absolute Gasteiger partial charge is 0.497 e. The Hall–Kier alpha value is -2.35. The Morgan fingerprint density at radius 1 is 0.973 bits per heavy atom. The van der Waals surface area contributed by atoms with Crippen LogP contribution in [-0.4, -0.2) is 60.5 Å². The lowest BCUT2D eigenvalue weighted by Crippen LogP contribution is -2.46. The first-order chi connectivity index (χ1) is 17.8. The van der Waals surface area contributed by atoms with Gasteiger partial charge in [0, 0.05) is 32.1 Å². The van der Waals surface area contributed by atoms with Gasteiger partial charge in [-0.1, -0.05) is 61.9 Å². The Bertz CT molecular complexity index is 1060. The molecule has 3 aromatic rings. The summed E-state index contributed by atoms with van der Waals surface area (Å²) in [5.74, 6) is 0.867. The average molecular weight is 527 g/mol. The van der Waals surface area contributed by atoms with Crippen LogP contribution in [0.1, 0.15) is 39.7 Å². The maximum atomic E-state index is 10.7. The summed E-state index contributed by atoms with van der Waals surface area (Å²) in [5.41, 5.74) is 4.98. The molecule has 5 nitrogen and oxygen atoms in total. The number of aliphatic hydroxyl groups is 2. The maximum absolute atomic E-state index is 10.7. The normalized spacial score (nSPS) is 12.1. The van der Waals surface area contributed by atoms with Gasteiger partial charge in [0.2, 0.25) is 0 Å². The molecule has 0 amide bonds. The second-order valence-electron chi connectivity index (χ2n) is 9.82. The Kier molecular flexibility index (Phi) is 13.2. The van der Waals surface area contributed by atoms with E-state index < -0.39 is 6.10 Å². The van der Waals surface area contributed by atoms with Crippen LogP contribution in [0.5, 0.6) is 5.75 Å². The number of rotatable bonds is 13. The Labute approximate surface area is 229 Å². The molecule has 0 spiro atoms. The van der Waals surface area contributed by atoms with Gasteiger partial charge in [-0.3, -0.25) is 0 Å². The van der Waals surface area contributed by atoms with Gasteiger partial charge in [-0.05, 0) is 92.2 Å². The van der Waals surface area contributed by atoms with Crippen molar-refractivity contribution in [2.24, 2.45) is 0 Å². The highest BCUT2D eigenvalue weighted by Gasteiger charge is 2.20. The van der Waals surface area contributed by atoms with E-state index in [-0.39, 0.29) is 6.97 Å². The van der Waals surface area contributed by atoms with E-state index in [1.807, 2.05) is 19.2 Å². The molecular weight excluding hydrogens is 480 g/mol. The van der Waals surface area contributed by atoms with Crippen molar-refractivity contribution in [3.8, 4) is 16.9 Å². The van der Waals surface area contributed by atoms with Gasteiger partial charge in [-0.25, -0.2) is 4.31 Å². The molecule has 1 unspecified atom stereocenters. The Balaban J connectivity index is 0.00000235. The van der Waals surface area contributed by atoms with Crippen LogP contribution in [0.3, 0.4) is 0 Å². The van der Waals surface area contributed by atoms with Crippen molar-refractivity contribution in [3.05, 3.63) is 83.9 Å². The first-order valence-corrected chi connectivity index (χ1v) is 13.6. The third-order valence-electron chi connectivity index (χ3n) is 5.98. The van der Waals surface area contributed by atoms with Gasteiger partial charge in [-0.15, -0.1) is 0 Å². The molecule has 204 valence electrons. The number of benzene rings is 3. The standard InChI is InChI=1S/C30H40N2O2S.CH4O.H2/c1-6-9-23-10-7-11-25(18-23)26-12-8-13-29(19-26)35-32(4)22-27(33)21-31-30(2,3)20-24-14-16-28(34-5)17-15-24;1-2;/h7-8,10-19,27,31,33H,6,9,20-22H2,1-5H3;2H,1H3;1H. The summed E-state index contributed by atoms with van der Waals surface area (Å²) in [6.45, 7) is 7.67. The van der Waals surface area contributed by atoms with E-state index >= 15 is 0 Å². The van der Waals surface area contributed by atoms with Gasteiger partial charge < -0.3 is 20.3 Å². The highest BCUT2D eigenvalue weighted by Crippen LogP contribution is 2.28. The second-order valence-corrected chi connectivity index (χ2v) is 11.1. The molecule has 3 rings (SSSR count). The number of aryl methyl sites for hydroxylation is 1. The van der Waals surface area contributed by atoms with Gasteiger partial charge in [0.25, 0.3) is 0 Å². The summed E-state index contributed by atoms with van der Waals surface area (Å²) in [5, 5.41) is 21.2. The van der Waals surface area contributed by atoms with Crippen LogP contribution < -0.4 is 10.1 Å². The molecule has 37 heavy (non-hydrogen) atoms. The zero-order valence-corrected chi connectivity index (χ0v) is 24.0. The molecule has 0 aromatic heterocycles. The highest BCUT2D eigenvalue weighted by molar-refractivity contribution is 7.97. The van der Waals surface area contributed by atoms with Crippen LogP contribution in [0.15, 0.2) is 77.7 Å². The van der Waals surface area contributed by atoms with E-state index in [2.05, 4.69) is 91.1 Å². The predicted octanol–water partition coefficient (Wildman–Crippen LogP) is 6.08. The predicted molar refractivity (Wildman–Crippen MR) is 159 cm³/mol. The van der Waals surface area contributed by atoms with E-state index in [1.54, 1.807) is 19.1 Å². The molecular formula is C31H46N2O3S. The van der Waals surface area contributed by atoms with E-state index in [0.717, 1.165) is 32.1 Å². The van der Waals surface area contributed by atoms with Crippen molar-refractivity contribution >= 4 is 11.9 Å². The van der Waals surface area contributed by atoms with Crippen molar-refractivity contribution in [2.45, 2.75) is 56.6 Å². The fraction of sp³-hybridized carbons (Fsp3) is 0.419. The first kappa shape index (κ1) is 30.9. The molecule has 6 heteroatoms. The molecule has 0 saturated heterocycles. The summed E-state index contributed by atoms with van der Waals surface area (Å²) in [6.07, 6.45) is 2.67. The molecule has 0 aliphatic heterocycles. The van der Waals surface area contributed by atoms with Gasteiger partial charge in [-0.2, -0.15) is 0 Å². The molecule has 3 aromatic carbocycles. The molecule has 0 aliphatic carbocycles. The van der Waals surface area contributed by atoms with Crippen LogP contribution in [0.4, 0.5) is 0 Å². The van der Waals surface area contributed by atoms with Crippen molar-refractivity contribution in [2.75, 3.05) is 34.4 Å². The molecule has 0 heterocycles. The van der Waals surface area contributed by atoms with Crippen LogP contribution in [0, 0.1) is 0 Å². The number of methoxy groups -OCH3 is 1. The lowest BCUT2D eigenvalue weighted by Gasteiger charge is -2.29. The molecule has 0 bridgehead atoms. The van der Waals surface area contributed by atoms with Crippen molar-refractivity contribution < 1.29 is 16.4 Å². The van der Waals surface area contributed by atoms with Crippen LogP contribution in [0.25, 0.3) is 11.1 Å². The topological polar surface area (TPSA) is 65.0 Å². The van der Waals surface area contributed by atoms with Gasteiger partial charge in [0.1, 0.15) is 5.75 Å². The van der Waals surface area contributed by atoms with Crippen molar-refractivity contribution in [1.29, 1.82) is 0 Å². The summed E-state index contributed by atoms with van der Waals surface area (Å²) in [7, 11) is 4.71. The van der Waals surface area contributed by atoms with Crippen LogP contribution >= 0.6 is 11.9 Å². The molecule has 0 fully saturated rings. The number of nitrogens with zero attached hydrogens (tertiary/aromatic N) is 1. The zero-order chi connectivity index (χ0) is 27.3. The van der Waals surface area contributed by atoms with Gasteiger partial charge >= 0.3 is 0 Å². The van der Waals surface area contributed by atoms with Crippen molar-refractivity contribution in [1.82, 2.24) is 9.62 Å². The van der Waals surface area contributed by atoms with Gasteiger partial charge in [0.05, 0.1) is 13.2 Å². The molecule has 0 saturated carbocycles. The SMILES string of the molecule is CCCc1cccc(-c2cccc(SN(C)CC(O)CNC(C)(C)Cc3ccc(OC)cc3)c2)c1.CO.[HH]. The third-order valence-corrected chi connectivity index (χ3v) is 6.91. The number of β-amino-alcohol motifs (C(OH)–C–C–N with tert-alkyl or cyclic N) is 1. The summed E-state index contributed by atoms with van der Waals surface area (Å²) < 4.78 is 7.35. The lowest BCUT2D eigenvalue weighted by molar-refractivity contribution is 0.142. The zero-order valence-electron chi connectivity index (χ0n) is 23.2. The smallest absolute Gasteiger partial charge is 0.118 e. The summed E-state index contributed by atoms with van der Waals surface area (Å²) >= 11 is 1.67. The molecule has 1 atom stereocenters.